The molecule has 0 saturated carbocycles. The second kappa shape index (κ2) is 6.42. The van der Waals surface area contributed by atoms with E-state index in [4.69, 9.17) is 20.4 Å². The topological polar surface area (TPSA) is 93.2 Å². The lowest BCUT2D eigenvalue weighted by atomic mass is 10.2. The summed E-state index contributed by atoms with van der Waals surface area (Å²) in [5.41, 5.74) is 6.51. The lowest BCUT2D eigenvalue weighted by Gasteiger charge is -2.23. The molecule has 3 N–H and O–H groups in total. The average Bonchev–Trinajstić information content (AvgIpc) is 2.94. The van der Waals surface area contributed by atoms with Crippen molar-refractivity contribution in [2.45, 2.75) is 25.4 Å². The minimum Gasteiger partial charge on any atom is -0.493 e. The van der Waals surface area contributed by atoms with Crippen molar-refractivity contribution in [2.75, 3.05) is 20.8 Å². The Balaban J connectivity index is 2.21. The third kappa shape index (κ3) is 2.77. The SMILES string of the molecule is COc1ccnc(CN2CCCC2/C(N)=N/O)c1OC. The highest BCUT2D eigenvalue weighted by Crippen LogP contribution is 2.31. The number of methoxy groups -OCH3 is 2. The van der Waals surface area contributed by atoms with Crippen molar-refractivity contribution < 1.29 is 14.7 Å². The molecule has 20 heavy (non-hydrogen) atoms. The molecule has 0 aromatic carbocycles. The highest BCUT2D eigenvalue weighted by Gasteiger charge is 2.29. The van der Waals surface area contributed by atoms with Gasteiger partial charge in [-0.15, -0.1) is 0 Å². The summed E-state index contributed by atoms with van der Waals surface area (Å²) in [6.45, 7) is 1.45. The maximum absolute atomic E-state index is 8.84. The van der Waals surface area contributed by atoms with Crippen LogP contribution in [-0.4, -0.2) is 47.7 Å². The summed E-state index contributed by atoms with van der Waals surface area (Å²) in [5.74, 6) is 1.52. The Morgan fingerprint density at radius 1 is 1.55 bits per heavy atom. The van der Waals surface area contributed by atoms with E-state index in [9.17, 15) is 0 Å². The van der Waals surface area contributed by atoms with Gasteiger partial charge in [-0.25, -0.2) is 0 Å². The highest BCUT2D eigenvalue weighted by atomic mass is 16.5. The highest BCUT2D eigenvalue weighted by molar-refractivity contribution is 5.85. The molecule has 0 radical (unpaired) electrons. The molecule has 0 amide bonds. The van der Waals surface area contributed by atoms with Crippen molar-refractivity contribution in [3.05, 3.63) is 18.0 Å². The summed E-state index contributed by atoms with van der Waals surface area (Å²) in [7, 11) is 3.19. The summed E-state index contributed by atoms with van der Waals surface area (Å²) in [5, 5.41) is 12.0. The van der Waals surface area contributed by atoms with E-state index in [-0.39, 0.29) is 11.9 Å². The van der Waals surface area contributed by atoms with E-state index in [0.29, 0.717) is 18.0 Å². The Morgan fingerprint density at radius 2 is 2.35 bits per heavy atom. The number of pyridine rings is 1. The molecule has 110 valence electrons. The molecule has 2 rings (SSSR count). The van der Waals surface area contributed by atoms with Crippen LogP contribution in [0.15, 0.2) is 17.4 Å². The molecule has 0 spiro atoms. The zero-order valence-corrected chi connectivity index (χ0v) is 11.7. The van der Waals surface area contributed by atoms with Crippen LogP contribution in [0.25, 0.3) is 0 Å². The maximum atomic E-state index is 8.84. The van der Waals surface area contributed by atoms with E-state index in [1.165, 1.54) is 0 Å². The lowest BCUT2D eigenvalue weighted by molar-refractivity contribution is 0.265. The average molecular weight is 280 g/mol. The van der Waals surface area contributed by atoms with E-state index in [0.717, 1.165) is 25.1 Å². The van der Waals surface area contributed by atoms with Crippen LogP contribution in [-0.2, 0) is 6.54 Å². The second-order valence-corrected chi connectivity index (χ2v) is 4.65. The summed E-state index contributed by atoms with van der Waals surface area (Å²) < 4.78 is 10.6. The number of likely N-dealkylation sites (tertiary alicyclic amines) is 1. The van der Waals surface area contributed by atoms with Crippen molar-refractivity contribution in [3.63, 3.8) is 0 Å². The van der Waals surface area contributed by atoms with Crippen molar-refractivity contribution >= 4 is 5.84 Å². The quantitative estimate of drug-likeness (QED) is 0.359. The molecule has 2 heterocycles. The summed E-state index contributed by atoms with van der Waals surface area (Å²) in [6.07, 6.45) is 3.57. The smallest absolute Gasteiger partial charge is 0.183 e. The molecule has 1 saturated heterocycles. The fraction of sp³-hybridized carbons (Fsp3) is 0.538. The minimum absolute atomic E-state index is 0.0577. The van der Waals surface area contributed by atoms with Crippen LogP contribution in [0.2, 0.25) is 0 Å². The van der Waals surface area contributed by atoms with Crippen molar-refractivity contribution in [3.8, 4) is 11.5 Å². The zero-order chi connectivity index (χ0) is 14.5. The number of hydrogen-bond donors (Lipinski definition) is 2. The first-order valence-electron chi connectivity index (χ1n) is 6.48. The number of oxime groups is 1. The summed E-state index contributed by atoms with van der Waals surface area (Å²) in [4.78, 5) is 6.48. The number of ether oxygens (including phenoxy) is 2. The molecule has 1 unspecified atom stereocenters. The van der Waals surface area contributed by atoms with Gasteiger partial charge >= 0.3 is 0 Å². The number of amidine groups is 1. The Hall–Kier alpha value is -2.02. The Kier molecular flexibility index (Phi) is 4.62. The first-order valence-corrected chi connectivity index (χ1v) is 6.48. The molecule has 0 bridgehead atoms. The van der Waals surface area contributed by atoms with Crippen LogP contribution >= 0.6 is 0 Å². The Bertz CT molecular complexity index is 493. The molecule has 1 aromatic rings. The van der Waals surface area contributed by atoms with Gasteiger partial charge in [-0.2, -0.15) is 0 Å². The number of nitrogens with zero attached hydrogens (tertiary/aromatic N) is 3. The van der Waals surface area contributed by atoms with Crippen molar-refractivity contribution in [2.24, 2.45) is 10.9 Å². The predicted molar refractivity (Wildman–Crippen MR) is 74.2 cm³/mol. The number of hydrogen-bond acceptors (Lipinski definition) is 6. The summed E-state index contributed by atoms with van der Waals surface area (Å²) in [6, 6.07) is 1.70. The van der Waals surface area contributed by atoms with Gasteiger partial charge in [0.25, 0.3) is 0 Å². The largest absolute Gasteiger partial charge is 0.493 e. The Morgan fingerprint density at radius 3 is 3.00 bits per heavy atom. The van der Waals surface area contributed by atoms with Gasteiger partial charge in [0.2, 0.25) is 0 Å². The molecule has 1 aromatic heterocycles. The normalized spacial score (nSPS) is 20.1. The Labute approximate surface area is 118 Å². The number of nitrogens with two attached hydrogens (primary N) is 1. The van der Waals surface area contributed by atoms with Gasteiger partial charge in [-0.3, -0.25) is 9.88 Å². The van der Waals surface area contributed by atoms with Crippen LogP contribution in [0.4, 0.5) is 0 Å². The second-order valence-electron chi connectivity index (χ2n) is 4.65. The van der Waals surface area contributed by atoms with Crippen LogP contribution in [0.5, 0.6) is 11.5 Å². The van der Waals surface area contributed by atoms with Crippen molar-refractivity contribution in [1.82, 2.24) is 9.88 Å². The minimum atomic E-state index is -0.0577. The zero-order valence-electron chi connectivity index (χ0n) is 11.7. The van der Waals surface area contributed by atoms with Gasteiger partial charge in [-0.05, 0) is 19.4 Å². The molecular weight excluding hydrogens is 260 g/mol. The standard InChI is InChI=1S/C13H20N4O3/c1-19-11-5-6-15-9(12(11)20-2)8-17-7-3-4-10(17)13(14)16-18/h5-6,10,18H,3-4,7-8H2,1-2H3,(H2,14,16). The number of rotatable bonds is 5. The maximum Gasteiger partial charge on any atom is 0.183 e. The third-order valence-electron chi connectivity index (χ3n) is 3.54. The number of aromatic nitrogens is 1. The molecule has 1 aliphatic heterocycles. The summed E-state index contributed by atoms with van der Waals surface area (Å²) >= 11 is 0. The van der Waals surface area contributed by atoms with Crippen LogP contribution < -0.4 is 15.2 Å². The molecule has 0 aliphatic carbocycles. The van der Waals surface area contributed by atoms with Gasteiger partial charge < -0.3 is 20.4 Å². The fourth-order valence-corrected chi connectivity index (χ4v) is 2.57. The van der Waals surface area contributed by atoms with E-state index in [1.54, 1.807) is 26.5 Å². The van der Waals surface area contributed by atoms with E-state index in [2.05, 4.69) is 15.0 Å². The monoisotopic (exact) mass is 280 g/mol. The van der Waals surface area contributed by atoms with Crippen LogP contribution in [0.3, 0.4) is 0 Å². The molecule has 7 nitrogen and oxygen atoms in total. The lowest BCUT2D eigenvalue weighted by Crippen LogP contribution is -2.40. The van der Waals surface area contributed by atoms with E-state index in [1.807, 2.05) is 0 Å². The van der Waals surface area contributed by atoms with Gasteiger partial charge in [0.05, 0.1) is 20.3 Å². The predicted octanol–water partition coefficient (Wildman–Crippen LogP) is 0.810. The van der Waals surface area contributed by atoms with Crippen LogP contribution in [0, 0.1) is 0 Å². The van der Waals surface area contributed by atoms with E-state index >= 15 is 0 Å². The molecular formula is C13H20N4O3. The molecule has 1 aliphatic rings. The van der Waals surface area contributed by atoms with Gasteiger partial charge in [0.1, 0.15) is 5.69 Å². The third-order valence-corrected chi connectivity index (χ3v) is 3.54. The fourth-order valence-electron chi connectivity index (χ4n) is 2.57. The first-order chi connectivity index (χ1) is 9.71. The molecule has 1 atom stereocenters. The first kappa shape index (κ1) is 14.4. The van der Waals surface area contributed by atoms with Gasteiger partial charge in [-0.1, -0.05) is 5.16 Å². The molecule has 1 fully saturated rings. The van der Waals surface area contributed by atoms with E-state index < -0.39 is 0 Å². The van der Waals surface area contributed by atoms with Gasteiger partial charge in [0, 0.05) is 18.8 Å². The van der Waals surface area contributed by atoms with Crippen LogP contribution in [0.1, 0.15) is 18.5 Å². The van der Waals surface area contributed by atoms with Gasteiger partial charge in [0.15, 0.2) is 17.3 Å². The van der Waals surface area contributed by atoms with Crippen molar-refractivity contribution in [1.29, 1.82) is 0 Å². The molecule has 7 heteroatoms.